The Hall–Kier alpha value is -4.37. The number of anilines is 2. The number of fused-ring (bicyclic) bond motifs is 1. The number of nitrogens with one attached hydrogen (secondary N) is 2. The number of carbonyl (C=O) groups is 2. The molecule has 0 aromatic heterocycles. The molecule has 0 aliphatic carbocycles. The zero-order valence-electron chi connectivity index (χ0n) is 30.1. The van der Waals surface area contributed by atoms with Crippen LogP contribution in [0.2, 0.25) is 0 Å². The number of benzene rings is 3. The maximum Gasteiger partial charge on any atom is 0.323 e. The maximum absolute atomic E-state index is 14.4. The van der Waals surface area contributed by atoms with Crippen molar-refractivity contribution in [1.29, 1.82) is 0 Å². The van der Waals surface area contributed by atoms with Crippen molar-refractivity contribution in [2.75, 3.05) is 58.2 Å². The summed E-state index contributed by atoms with van der Waals surface area (Å²) >= 11 is 0. The lowest BCUT2D eigenvalue weighted by Crippen LogP contribution is -2.48. The molecule has 1 aliphatic heterocycles. The van der Waals surface area contributed by atoms with Crippen molar-refractivity contribution in [2.45, 2.75) is 63.2 Å². The lowest BCUT2D eigenvalue weighted by molar-refractivity contribution is -0.00834. The Kier molecular flexibility index (Phi) is 14.1. The van der Waals surface area contributed by atoms with Gasteiger partial charge in [0.1, 0.15) is 17.2 Å². The molecule has 0 saturated carbocycles. The third kappa shape index (κ3) is 10.6. The van der Waals surface area contributed by atoms with E-state index in [0.29, 0.717) is 41.7 Å². The molecule has 0 saturated heterocycles. The van der Waals surface area contributed by atoms with Gasteiger partial charge in [-0.25, -0.2) is 13.2 Å². The van der Waals surface area contributed by atoms with Gasteiger partial charge in [-0.3, -0.25) is 4.79 Å². The molecule has 51 heavy (non-hydrogen) atoms. The predicted octanol–water partition coefficient (Wildman–Crippen LogP) is 5.46. The van der Waals surface area contributed by atoms with E-state index in [1.165, 1.54) is 30.6 Å². The van der Waals surface area contributed by atoms with E-state index in [9.17, 15) is 23.1 Å². The molecule has 13 nitrogen and oxygen atoms in total. The van der Waals surface area contributed by atoms with Crippen molar-refractivity contribution in [1.82, 2.24) is 9.21 Å². The average Bonchev–Trinajstić information content (AvgIpc) is 3.12. The molecule has 0 spiro atoms. The van der Waals surface area contributed by atoms with Gasteiger partial charge in [-0.05, 0) is 99.8 Å². The predicted molar refractivity (Wildman–Crippen MR) is 195 cm³/mol. The number of aliphatic hydroxyl groups is 1. The van der Waals surface area contributed by atoms with Crippen LogP contribution in [0, 0.1) is 5.92 Å². The Morgan fingerprint density at radius 2 is 1.59 bits per heavy atom. The first-order valence-electron chi connectivity index (χ1n) is 17.0. The summed E-state index contributed by atoms with van der Waals surface area (Å²) < 4.78 is 51.3. The van der Waals surface area contributed by atoms with E-state index >= 15 is 0 Å². The summed E-state index contributed by atoms with van der Waals surface area (Å²) in [4.78, 5) is 29.0. The number of methoxy groups -OCH3 is 2. The molecule has 3 amide bonds. The van der Waals surface area contributed by atoms with E-state index < -0.39 is 34.1 Å². The summed E-state index contributed by atoms with van der Waals surface area (Å²) in [6, 6.07) is 16.8. The maximum atomic E-state index is 14.4. The highest BCUT2D eigenvalue weighted by Gasteiger charge is 2.32. The molecule has 3 aromatic rings. The molecule has 278 valence electrons. The van der Waals surface area contributed by atoms with E-state index in [-0.39, 0.29) is 42.2 Å². The summed E-state index contributed by atoms with van der Waals surface area (Å²) in [5.41, 5.74) is 1.13. The summed E-state index contributed by atoms with van der Waals surface area (Å²) in [6.07, 6.45) is 1.38. The molecular weight excluding hydrogens is 676 g/mol. The highest BCUT2D eigenvalue weighted by atomic mass is 32.2. The number of sulfonamides is 1. The van der Waals surface area contributed by atoms with Crippen LogP contribution >= 0.6 is 0 Å². The second-order valence-corrected chi connectivity index (χ2v) is 14.8. The third-order valence-corrected chi connectivity index (χ3v) is 10.7. The van der Waals surface area contributed by atoms with E-state index in [1.807, 2.05) is 13.8 Å². The van der Waals surface area contributed by atoms with Crippen LogP contribution in [0.1, 0.15) is 50.4 Å². The highest BCUT2D eigenvalue weighted by Crippen LogP contribution is 2.29. The normalized spacial score (nSPS) is 19.6. The van der Waals surface area contributed by atoms with Crippen molar-refractivity contribution in [2.24, 2.45) is 5.92 Å². The lowest BCUT2D eigenvalue weighted by Gasteiger charge is -2.35. The van der Waals surface area contributed by atoms with E-state index in [0.717, 1.165) is 12.8 Å². The first-order valence-corrected chi connectivity index (χ1v) is 18.5. The van der Waals surface area contributed by atoms with Crippen molar-refractivity contribution >= 4 is 33.3 Å². The quantitative estimate of drug-likeness (QED) is 0.247. The molecule has 3 N–H and O–H groups in total. The van der Waals surface area contributed by atoms with Crippen LogP contribution < -0.4 is 24.8 Å². The van der Waals surface area contributed by atoms with E-state index in [4.69, 9.17) is 18.9 Å². The molecule has 1 heterocycles. The third-order valence-electron chi connectivity index (χ3n) is 8.86. The minimum atomic E-state index is -3.86. The molecule has 0 fully saturated rings. The number of urea groups is 1. The average molecular weight is 727 g/mol. The van der Waals surface area contributed by atoms with Gasteiger partial charge in [0.05, 0.1) is 49.5 Å². The number of ether oxygens (including phenoxy) is 4. The Balaban J connectivity index is 1.61. The van der Waals surface area contributed by atoms with Gasteiger partial charge in [-0.1, -0.05) is 6.92 Å². The molecule has 3 aromatic carbocycles. The standard InChI is InChI=1S/C37H50N4O9S/c1-25-22-41(26(2)24-42)36(43)33-21-29(39-37(44)38-28-10-13-30(47-5)14-11-28)12-19-34(33)50-27(3)9-7-8-20-49-35(25)23-40(4)51(45,46)32-17-15-31(48-6)16-18-32/h10-19,21,25-27,35,42H,7-9,20,22-24H2,1-6H3,(H2,38,39,44)/t25-,26+,27-,35+/m0/s1. The first-order chi connectivity index (χ1) is 24.4. The van der Waals surface area contributed by atoms with Crippen molar-refractivity contribution in [3.8, 4) is 17.2 Å². The van der Waals surface area contributed by atoms with Gasteiger partial charge < -0.3 is 39.6 Å². The van der Waals surface area contributed by atoms with Crippen LogP contribution in [0.25, 0.3) is 0 Å². The Bertz CT molecular complexity index is 1700. The number of nitrogens with zero attached hydrogens (tertiary/aromatic N) is 2. The van der Waals surface area contributed by atoms with Crippen molar-refractivity contribution in [3.63, 3.8) is 0 Å². The lowest BCUT2D eigenvalue weighted by atomic mass is 10.0. The van der Waals surface area contributed by atoms with Crippen LogP contribution in [0.5, 0.6) is 17.2 Å². The van der Waals surface area contributed by atoms with Crippen molar-refractivity contribution in [3.05, 3.63) is 72.3 Å². The van der Waals surface area contributed by atoms with Crippen LogP contribution in [-0.2, 0) is 14.8 Å². The second-order valence-electron chi connectivity index (χ2n) is 12.8. The number of aliphatic hydroxyl groups excluding tert-OH is 1. The summed E-state index contributed by atoms with van der Waals surface area (Å²) in [5, 5.41) is 15.8. The Morgan fingerprint density at radius 3 is 2.22 bits per heavy atom. The fourth-order valence-corrected chi connectivity index (χ4v) is 6.89. The largest absolute Gasteiger partial charge is 0.497 e. The van der Waals surface area contributed by atoms with Gasteiger partial charge in [-0.15, -0.1) is 0 Å². The molecule has 0 bridgehead atoms. The van der Waals surface area contributed by atoms with E-state index in [1.54, 1.807) is 73.5 Å². The fraction of sp³-hybridized carbons (Fsp3) is 0.459. The summed E-state index contributed by atoms with van der Waals surface area (Å²) in [7, 11) is 0.718. The monoisotopic (exact) mass is 726 g/mol. The van der Waals surface area contributed by atoms with Crippen LogP contribution in [-0.4, -0.2) is 100 Å². The zero-order chi connectivity index (χ0) is 37.1. The van der Waals surface area contributed by atoms with Crippen LogP contribution in [0.15, 0.2) is 71.6 Å². The molecule has 14 heteroatoms. The number of rotatable bonds is 10. The highest BCUT2D eigenvalue weighted by molar-refractivity contribution is 7.89. The van der Waals surface area contributed by atoms with Gasteiger partial charge in [0.2, 0.25) is 10.0 Å². The fourth-order valence-electron chi connectivity index (χ4n) is 5.71. The molecule has 0 unspecified atom stereocenters. The van der Waals surface area contributed by atoms with Gasteiger partial charge in [0, 0.05) is 44.0 Å². The first kappa shape index (κ1) is 39.4. The van der Waals surface area contributed by atoms with Crippen molar-refractivity contribution < 1.29 is 42.1 Å². The topological polar surface area (TPSA) is 156 Å². The zero-order valence-corrected chi connectivity index (χ0v) is 30.9. The number of likely N-dealkylation sites (N-methyl/N-ethyl adjacent to an activating group) is 1. The number of carbonyl (C=O) groups excluding carboxylic acids is 2. The molecular formula is C37H50N4O9S. The number of hydrogen-bond donors (Lipinski definition) is 3. The van der Waals surface area contributed by atoms with Crippen LogP contribution in [0.4, 0.5) is 16.2 Å². The summed E-state index contributed by atoms with van der Waals surface area (Å²) in [5.74, 6) is 0.786. The SMILES string of the molecule is COc1ccc(NC(=O)Nc2ccc3c(c2)C(=O)N([C@H](C)CO)C[C@H](C)[C@@H](CN(C)S(=O)(=O)c2ccc(OC)cc2)OCCCC[C@H](C)O3)cc1. The number of hydrogen-bond acceptors (Lipinski definition) is 9. The smallest absolute Gasteiger partial charge is 0.323 e. The molecule has 4 rings (SSSR count). The van der Waals surface area contributed by atoms with Gasteiger partial charge in [0.15, 0.2) is 0 Å². The number of amides is 3. The van der Waals surface area contributed by atoms with Gasteiger partial charge in [-0.2, -0.15) is 4.31 Å². The molecule has 1 aliphatic rings. The molecule has 0 radical (unpaired) electrons. The van der Waals surface area contributed by atoms with Gasteiger partial charge >= 0.3 is 6.03 Å². The van der Waals surface area contributed by atoms with E-state index in [2.05, 4.69) is 10.6 Å². The minimum absolute atomic E-state index is 0.0402. The van der Waals surface area contributed by atoms with Crippen LogP contribution in [0.3, 0.4) is 0 Å². The Morgan fingerprint density at radius 1 is 0.980 bits per heavy atom. The minimum Gasteiger partial charge on any atom is -0.497 e. The molecule has 4 atom stereocenters. The summed E-state index contributed by atoms with van der Waals surface area (Å²) in [6.45, 7) is 5.82. The Labute approximate surface area is 300 Å². The van der Waals surface area contributed by atoms with Gasteiger partial charge in [0.25, 0.3) is 5.91 Å². The second kappa shape index (κ2) is 18.2.